The molecule has 0 aliphatic carbocycles. The number of anilines is 1. The second kappa shape index (κ2) is 13.3. The molecule has 1 aliphatic rings. The van der Waals surface area contributed by atoms with Gasteiger partial charge in [0.05, 0.1) is 29.7 Å². The van der Waals surface area contributed by atoms with Crippen LogP contribution in [-0.2, 0) is 14.3 Å². The molecule has 2 amide bonds. The molecule has 1 aliphatic heterocycles. The van der Waals surface area contributed by atoms with Crippen LogP contribution in [0.15, 0.2) is 36.4 Å². The van der Waals surface area contributed by atoms with Gasteiger partial charge < -0.3 is 19.7 Å². The van der Waals surface area contributed by atoms with Gasteiger partial charge in [-0.05, 0) is 75.9 Å². The smallest absolute Gasteiger partial charge is 0.435 e. The lowest BCUT2D eigenvalue weighted by molar-refractivity contribution is -0.121. The van der Waals surface area contributed by atoms with Crippen molar-refractivity contribution in [2.75, 3.05) is 25.0 Å². The van der Waals surface area contributed by atoms with E-state index in [4.69, 9.17) is 21.1 Å². The van der Waals surface area contributed by atoms with Gasteiger partial charge in [-0.2, -0.15) is 9.94 Å². The number of aromatic nitrogens is 2. The number of carbonyl (C=O) groups excluding carboxylic acids is 3. The fraction of sp³-hybridized carbons (Fsp3) is 0.452. The van der Waals surface area contributed by atoms with Gasteiger partial charge in [0.15, 0.2) is 5.82 Å². The number of nitriles is 1. The van der Waals surface area contributed by atoms with Crippen LogP contribution in [0.2, 0.25) is 5.02 Å². The fourth-order valence-corrected chi connectivity index (χ4v) is 5.03. The molecule has 222 valence electrons. The first-order chi connectivity index (χ1) is 20.0. The summed E-state index contributed by atoms with van der Waals surface area (Å²) in [6, 6.07) is 12.3. The van der Waals surface area contributed by atoms with E-state index >= 15 is 0 Å². The standard InChI is InChI=1S/C31H36ClN5O5/c1-5-6-7-15-41-30(40)37-26-13-11-21(23-16-20(18-33)10-12-25(23)32)17-24(26)27(35-37)34-28(38)22-9-8-14-36(19-22)29(39)42-31(2,3)4/h10-13,16-17,22H,5-9,14-15,19H2,1-4H3,(H,34,35,38)/t22-/m1/s1. The van der Waals surface area contributed by atoms with Gasteiger partial charge in [-0.15, -0.1) is 5.10 Å². The molecule has 1 aromatic heterocycles. The number of likely N-dealkylation sites (tertiary alicyclic amines) is 1. The Morgan fingerprint density at radius 1 is 1.14 bits per heavy atom. The van der Waals surface area contributed by atoms with Gasteiger partial charge in [0.1, 0.15) is 5.60 Å². The molecule has 1 saturated heterocycles. The third kappa shape index (κ3) is 7.39. The maximum absolute atomic E-state index is 13.5. The molecule has 0 spiro atoms. The first-order valence-corrected chi connectivity index (χ1v) is 14.6. The molecule has 1 N–H and O–H groups in total. The average Bonchev–Trinajstić information content (AvgIpc) is 3.32. The summed E-state index contributed by atoms with van der Waals surface area (Å²) in [4.78, 5) is 40.7. The van der Waals surface area contributed by atoms with Crippen molar-refractivity contribution >= 4 is 46.4 Å². The third-order valence-corrected chi connectivity index (χ3v) is 7.25. The van der Waals surface area contributed by atoms with Crippen LogP contribution in [0.5, 0.6) is 0 Å². The number of hydrogen-bond acceptors (Lipinski definition) is 7. The lowest BCUT2D eigenvalue weighted by Crippen LogP contribution is -2.45. The summed E-state index contributed by atoms with van der Waals surface area (Å²) in [6.07, 6.45) is 2.79. The molecule has 0 unspecified atom stereocenters. The number of halogens is 1. The molecule has 4 rings (SSSR count). The van der Waals surface area contributed by atoms with Crippen molar-refractivity contribution in [2.45, 2.75) is 65.4 Å². The minimum absolute atomic E-state index is 0.185. The second-order valence-electron chi connectivity index (χ2n) is 11.4. The molecule has 0 saturated carbocycles. The molecule has 0 radical (unpaired) electrons. The lowest BCUT2D eigenvalue weighted by Gasteiger charge is -2.33. The Balaban J connectivity index is 1.65. The summed E-state index contributed by atoms with van der Waals surface area (Å²) in [5.41, 5.74) is 1.56. The zero-order chi connectivity index (χ0) is 30.4. The largest absolute Gasteiger partial charge is 0.448 e. The Kier molecular flexibility index (Phi) is 9.74. The van der Waals surface area contributed by atoms with Gasteiger partial charge in [-0.1, -0.05) is 37.4 Å². The Morgan fingerprint density at radius 3 is 2.64 bits per heavy atom. The number of ether oxygens (including phenoxy) is 2. The highest BCUT2D eigenvalue weighted by Crippen LogP contribution is 2.34. The van der Waals surface area contributed by atoms with Crippen LogP contribution in [0.1, 0.15) is 65.4 Å². The van der Waals surface area contributed by atoms with Crippen molar-refractivity contribution in [3.8, 4) is 17.2 Å². The first-order valence-electron chi connectivity index (χ1n) is 14.2. The van der Waals surface area contributed by atoms with E-state index in [2.05, 4.69) is 23.4 Å². The van der Waals surface area contributed by atoms with Crippen LogP contribution >= 0.6 is 11.6 Å². The number of rotatable bonds is 7. The molecule has 11 heteroatoms. The second-order valence-corrected chi connectivity index (χ2v) is 11.8. The van der Waals surface area contributed by atoms with Crippen molar-refractivity contribution in [1.29, 1.82) is 5.26 Å². The molecule has 2 heterocycles. The maximum atomic E-state index is 13.5. The Morgan fingerprint density at radius 2 is 1.93 bits per heavy atom. The molecule has 1 atom stereocenters. The van der Waals surface area contributed by atoms with Crippen LogP contribution in [0.4, 0.5) is 15.4 Å². The molecular formula is C31H36ClN5O5. The van der Waals surface area contributed by atoms with E-state index in [1.54, 1.807) is 62.1 Å². The van der Waals surface area contributed by atoms with Crippen LogP contribution < -0.4 is 5.32 Å². The number of nitrogens with zero attached hydrogens (tertiary/aromatic N) is 4. The van der Waals surface area contributed by atoms with E-state index in [1.807, 2.05) is 0 Å². The molecule has 10 nitrogen and oxygen atoms in total. The summed E-state index contributed by atoms with van der Waals surface area (Å²) in [5.74, 6) is -0.622. The third-order valence-electron chi connectivity index (χ3n) is 6.92. The Labute approximate surface area is 250 Å². The summed E-state index contributed by atoms with van der Waals surface area (Å²) in [5, 5.41) is 17.7. The summed E-state index contributed by atoms with van der Waals surface area (Å²) in [6.45, 7) is 8.43. The minimum Gasteiger partial charge on any atom is -0.448 e. The quantitative estimate of drug-likeness (QED) is 0.292. The van der Waals surface area contributed by atoms with Crippen molar-refractivity contribution in [2.24, 2.45) is 5.92 Å². The van der Waals surface area contributed by atoms with Gasteiger partial charge in [0, 0.05) is 29.1 Å². The number of hydrogen-bond donors (Lipinski definition) is 1. The highest BCUT2D eigenvalue weighted by Gasteiger charge is 2.32. The Bertz CT molecular complexity index is 1520. The van der Waals surface area contributed by atoms with Crippen LogP contribution in [0.25, 0.3) is 22.0 Å². The topological polar surface area (TPSA) is 127 Å². The fourth-order valence-electron chi connectivity index (χ4n) is 4.81. The van der Waals surface area contributed by atoms with E-state index < -0.39 is 23.7 Å². The zero-order valence-corrected chi connectivity index (χ0v) is 25.2. The van der Waals surface area contributed by atoms with Crippen LogP contribution in [0.3, 0.4) is 0 Å². The van der Waals surface area contributed by atoms with E-state index in [0.717, 1.165) is 23.9 Å². The molecular weight excluding hydrogens is 558 g/mol. The van der Waals surface area contributed by atoms with E-state index in [9.17, 15) is 19.6 Å². The minimum atomic E-state index is -0.650. The van der Waals surface area contributed by atoms with Gasteiger partial charge >= 0.3 is 12.2 Å². The number of fused-ring (bicyclic) bond motifs is 1. The SMILES string of the molecule is CCCCCOC(=O)n1nc(NC(=O)[C@@H]2CCCN(C(=O)OC(C)(C)C)C2)c2cc(-c3cc(C#N)ccc3Cl)ccc21. The number of benzene rings is 2. The van der Waals surface area contributed by atoms with Gasteiger partial charge in [0.2, 0.25) is 5.91 Å². The number of amides is 2. The van der Waals surface area contributed by atoms with Gasteiger partial charge in [-0.3, -0.25) is 4.79 Å². The predicted molar refractivity (Wildman–Crippen MR) is 160 cm³/mol. The molecule has 1 fully saturated rings. The van der Waals surface area contributed by atoms with E-state index in [0.29, 0.717) is 52.0 Å². The van der Waals surface area contributed by atoms with Crippen molar-refractivity contribution < 1.29 is 23.9 Å². The number of unbranched alkanes of at least 4 members (excludes halogenated alkanes) is 2. The summed E-state index contributed by atoms with van der Waals surface area (Å²) >= 11 is 6.47. The summed E-state index contributed by atoms with van der Waals surface area (Å²) < 4.78 is 12.1. The van der Waals surface area contributed by atoms with Crippen molar-refractivity contribution in [3.63, 3.8) is 0 Å². The van der Waals surface area contributed by atoms with E-state index in [-0.39, 0.29) is 24.9 Å². The van der Waals surface area contributed by atoms with Gasteiger partial charge in [0.25, 0.3) is 0 Å². The highest BCUT2D eigenvalue weighted by atomic mass is 35.5. The number of nitrogens with one attached hydrogen (secondary N) is 1. The maximum Gasteiger partial charge on any atom is 0.435 e. The zero-order valence-electron chi connectivity index (χ0n) is 24.4. The van der Waals surface area contributed by atoms with Crippen molar-refractivity contribution in [3.05, 3.63) is 47.0 Å². The average molecular weight is 594 g/mol. The highest BCUT2D eigenvalue weighted by molar-refractivity contribution is 6.33. The molecule has 0 bridgehead atoms. The van der Waals surface area contributed by atoms with Gasteiger partial charge in [-0.25, -0.2) is 9.59 Å². The van der Waals surface area contributed by atoms with Crippen LogP contribution in [0, 0.1) is 17.2 Å². The summed E-state index contributed by atoms with van der Waals surface area (Å²) in [7, 11) is 0. The molecule has 2 aromatic carbocycles. The first kappa shape index (κ1) is 30.8. The predicted octanol–water partition coefficient (Wildman–Crippen LogP) is 6.99. The number of carbonyl (C=O) groups is 3. The van der Waals surface area contributed by atoms with Crippen molar-refractivity contribution in [1.82, 2.24) is 14.7 Å². The lowest BCUT2D eigenvalue weighted by atomic mass is 9.97. The molecule has 3 aromatic rings. The molecule has 42 heavy (non-hydrogen) atoms. The number of piperidine rings is 1. The van der Waals surface area contributed by atoms with E-state index in [1.165, 1.54) is 0 Å². The Hall–Kier alpha value is -4.10. The van der Waals surface area contributed by atoms with Crippen LogP contribution in [-0.4, -0.2) is 58.1 Å². The monoisotopic (exact) mass is 593 g/mol. The normalized spacial score (nSPS) is 15.2.